The Morgan fingerprint density at radius 3 is 2.84 bits per heavy atom. The number of thioether (sulfide) groups is 1. The molecule has 2 N–H and O–H groups in total. The minimum atomic E-state index is -3.00. The molecule has 31 heavy (non-hydrogen) atoms. The molecule has 1 aromatic heterocycles. The number of alkyl halides is 2. The average Bonchev–Trinajstić information content (AvgIpc) is 3.12. The van der Waals surface area contributed by atoms with Gasteiger partial charge in [-0.2, -0.15) is 8.78 Å². The fourth-order valence-corrected chi connectivity index (χ4v) is 3.77. The lowest BCUT2D eigenvalue weighted by atomic mass is 10.2. The molecule has 0 aliphatic rings. The van der Waals surface area contributed by atoms with Gasteiger partial charge in [-0.05, 0) is 30.3 Å². The third-order valence-electron chi connectivity index (χ3n) is 3.94. The zero-order chi connectivity index (χ0) is 22.4. The third-order valence-corrected chi connectivity index (χ3v) is 5.40. The number of benzene rings is 2. The molecule has 0 aliphatic carbocycles. The molecule has 3 rings (SSSR count). The largest absolute Gasteiger partial charge is 0.507 e. The van der Waals surface area contributed by atoms with Crippen LogP contribution in [0.3, 0.4) is 0 Å². The third kappa shape index (κ3) is 5.82. The van der Waals surface area contributed by atoms with Gasteiger partial charge in [0.25, 0.3) is 0 Å². The van der Waals surface area contributed by atoms with E-state index in [4.69, 9.17) is 0 Å². The highest BCUT2D eigenvalue weighted by molar-refractivity contribution is 9.10. The number of carbonyl (C=O) groups is 1. The summed E-state index contributed by atoms with van der Waals surface area (Å²) in [6.45, 7) is 1.07. The number of phenolic OH excluding ortho intramolecular Hbond substituents is 1. The second kappa shape index (κ2) is 10.4. The van der Waals surface area contributed by atoms with Gasteiger partial charge in [0.1, 0.15) is 11.5 Å². The Kier molecular flexibility index (Phi) is 7.64. The number of carbonyl (C=O) groups excluding carboxylic acids is 1. The van der Waals surface area contributed by atoms with Gasteiger partial charge in [0.15, 0.2) is 11.0 Å². The molecule has 2 aromatic carbocycles. The van der Waals surface area contributed by atoms with E-state index in [1.54, 1.807) is 28.8 Å². The molecular weight excluding hydrogens is 494 g/mol. The van der Waals surface area contributed by atoms with Crippen molar-refractivity contribution in [2.45, 2.75) is 18.3 Å². The number of ether oxygens (including phenoxy) is 1. The molecule has 3 aromatic rings. The smallest absolute Gasteiger partial charge is 0.387 e. The number of nitrogens with zero attached hydrogens (tertiary/aromatic N) is 3. The minimum Gasteiger partial charge on any atom is -0.507 e. The van der Waals surface area contributed by atoms with Crippen LogP contribution in [-0.4, -0.2) is 38.1 Å². The van der Waals surface area contributed by atoms with E-state index in [0.717, 1.165) is 16.2 Å². The molecule has 11 heteroatoms. The van der Waals surface area contributed by atoms with Gasteiger partial charge >= 0.3 is 6.61 Å². The summed E-state index contributed by atoms with van der Waals surface area (Å²) in [7, 11) is 0. The van der Waals surface area contributed by atoms with Gasteiger partial charge in [-0.15, -0.1) is 16.8 Å². The van der Waals surface area contributed by atoms with Gasteiger partial charge in [-0.25, -0.2) is 0 Å². The molecule has 7 nitrogen and oxygen atoms in total. The first-order valence-electron chi connectivity index (χ1n) is 8.88. The minimum absolute atomic E-state index is 0.0332. The van der Waals surface area contributed by atoms with E-state index >= 15 is 0 Å². The van der Waals surface area contributed by atoms with Crippen molar-refractivity contribution >= 4 is 39.3 Å². The number of allylic oxidation sites excluding steroid dienone is 1. The zero-order valence-corrected chi connectivity index (χ0v) is 18.4. The van der Waals surface area contributed by atoms with E-state index in [-0.39, 0.29) is 22.9 Å². The van der Waals surface area contributed by atoms with Crippen LogP contribution < -0.4 is 10.1 Å². The SMILES string of the molecule is C=CCn1c(SCC(=O)Nc2ccccc2OC(F)F)nnc1-c1cc(Br)ccc1O. The number of amides is 1. The fraction of sp³-hybridized carbons (Fsp3) is 0.150. The Balaban J connectivity index is 1.75. The molecule has 0 spiro atoms. The molecule has 0 saturated heterocycles. The highest BCUT2D eigenvalue weighted by Gasteiger charge is 2.18. The first-order valence-corrected chi connectivity index (χ1v) is 10.7. The summed E-state index contributed by atoms with van der Waals surface area (Å²) in [5.74, 6) is -0.167. The standard InChI is InChI=1S/C20H17BrF2N4O3S/c1-2-9-27-18(13-10-12(21)7-8-15(13)28)25-26-20(27)31-11-17(29)24-14-5-3-4-6-16(14)30-19(22)23/h2-8,10,19,28H,1,9,11H2,(H,24,29). The van der Waals surface area contributed by atoms with Crippen molar-refractivity contribution in [1.82, 2.24) is 14.8 Å². The van der Waals surface area contributed by atoms with E-state index in [0.29, 0.717) is 23.1 Å². The number of nitrogens with one attached hydrogen (secondary N) is 1. The van der Waals surface area contributed by atoms with Crippen LogP contribution in [0.25, 0.3) is 11.4 Å². The molecule has 0 saturated carbocycles. The first-order chi connectivity index (χ1) is 14.9. The van der Waals surface area contributed by atoms with Gasteiger partial charge in [0.05, 0.1) is 17.0 Å². The van der Waals surface area contributed by atoms with Crippen LogP contribution in [-0.2, 0) is 11.3 Å². The van der Waals surface area contributed by atoms with Gasteiger partial charge in [-0.3, -0.25) is 9.36 Å². The van der Waals surface area contributed by atoms with E-state index in [2.05, 4.69) is 42.8 Å². The summed E-state index contributed by atoms with van der Waals surface area (Å²) >= 11 is 4.47. The number of phenols is 1. The monoisotopic (exact) mass is 510 g/mol. The maximum Gasteiger partial charge on any atom is 0.387 e. The highest BCUT2D eigenvalue weighted by atomic mass is 79.9. The zero-order valence-electron chi connectivity index (χ0n) is 16.0. The first kappa shape index (κ1) is 22.8. The maximum absolute atomic E-state index is 12.5. The fourth-order valence-electron chi connectivity index (χ4n) is 2.66. The molecule has 0 fully saturated rings. The van der Waals surface area contributed by atoms with Crippen molar-refractivity contribution in [3.05, 3.63) is 59.6 Å². The summed E-state index contributed by atoms with van der Waals surface area (Å²) in [5, 5.41) is 21.4. The van der Waals surface area contributed by atoms with Crippen molar-refractivity contribution < 1.29 is 23.4 Å². The number of anilines is 1. The van der Waals surface area contributed by atoms with Crippen LogP contribution in [0.5, 0.6) is 11.5 Å². The van der Waals surface area contributed by atoms with Crippen molar-refractivity contribution in [1.29, 1.82) is 0 Å². The van der Waals surface area contributed by atoms with Crippen LogP contribution in [0.1, 0.15) is 0 Å². The van der Waals surface area contributed by atoms with Crippen LogP contribution >= 0.6 is 27.7 Å². The molecule has 162 valence electrons. The van der Waals surface area contributed by atoms with Crippen molar-refractivity contribution in [2.75, 3.05) is 11.1 Å². The lowest BCUT2D eigenvalue weighted by Crippen LogP contribution is -2.16. The van der Waals surface area contributed by atoms with Gasteiger partial charge in [0, 0.05) is 11.0 Å². The molecule has 0 bridgehead atoms. The number of halogens is 3. The van der Waals surface area contributed by atoms with E-state index in [9.17, 15) is 18.7 Å². The summed E-state index contributed by atoms with van der Waals surface area (Å²) in [6, 6.07) is 10.9. The van der Waals surface area contributed by atoms with Crippen molar-refractivity contribution in [3.63, 3.8) is 0 Å². The molecule has 0 aliphatic heterocycles. The van der Waals surface area contributed by atoms with Crippen molar-refractivity contribution in [2.24, 2.45) is 0 Å². The Morgan fingerprint density at radius 1 is 1.32 bits per heavy atom. The normalized spacial score (nSPS) is 10.8. The number of hydrogen-bond acceptors (Lipinski definition) is 6. The Hall–Kier alpha value is -2.92. The molecule has 0 atom stereocenters. The van der Waals surface area contributed by atoms with Crippen molar-refractivity contribution in [3.8, 4) is 22.9 Å². The van der Waals surface area contributed by atoms with Gasteiger partial charge in [-0.1, -0.05) is 45.9 Å². The number of para-hydroxylation sites is 2. The lowest BCUT2D eigenvalue weighted by Gasteiger charge is -2.12. The Morgan fingerprint density at radius 2 is 2.10 bits per heavy atom. The maximum atomic E-state index is 12.5. The van der Waals surface area contributed by atoms with E-state index < -0.39 is 12.5 Å². The van der Waals surface area contributed by atoms with Crippen LogP contribution in [0.15, 0.2) is 64.7 Å². The molecular formula is C20H17BrF2N4O3S. The number of rotatable bonds is 9. The van der Waals surface area contributed by atoms with Gasteiger partial charge < -0.3 is 15.2 Å². The summed E-state index contributed by atoms with van der Waals surface area (Å²) in [4.78, 5) is 12.4. The molecule has 0 radical (unpaired) electrons. The van der Waals surface area contributed by atoms with Crippen LogP contribution in [0.4, 0.5) is 14.5 Å². The Bertz CT molecular complexity index is 1090. The van der Waals surface area contributed by atoms with E-state index in [1.165, 1.54) is 24.3 Å². The van der Waals surface area contributed by atoms with Gasteiger partial charge in [0.2, 0.25) is 5.91 Å². The highest BCUT2D eigenvalue weighted by Crippen LogP contribution is 2.33. The average molecular weight is 511 g/mol. The topological polar surface area (TPSA) is 89.3 Å². The van der Waals surface area contributed by atoms with Crippen LogP contribution in [0.2, 0.25) is 0 Å². The summed E-state index contributed by atoms with van der Waals surface area (Å²) in [6.07, 6.45) is 1.64. The number of hydrogen-bond donors (Lipinski definition) is 2. The molecule has 1 amide bonds. The van der Waals surface area contributed by atoms with Crippen LogP contribution in [0, 0.1) is 0 Å². The second-order valence-electron chi connectivity index (χ2n) is 6.08. The predicted molar refractivity (Wildman–Crippen MR) is 117 cm³/mol. The summed E-state index contributed by atoms with van der Waals surface area (Å²) in [5.41, 5.74) is 0.610. The second-order valence-corrected chi connectivity index (χ2v) is 7.94. The number of aromatic hydroxyl groups is 1. The Labute approximate surface area is 189 Å². The summed E-state index contributed by atoms with van der Waals surface area (Å²) < 4.78 is 31.9. The predicted octanol–water partition coefficient (Wildman–Crippen LogP) is 4.93. The quantitative estimate of drug-likeness (QED) is 0.313. The number of aromatic nitrogens is 3. The molecule has 0 unspecified atom stereocenters. The molecule has 1 heterocycles. The van der Waals surface area contributed by atoms with E-state index in [1.807, 2.05) is 0 Å². The lowest BCUT2D eigenvalue weighted by molar-refractivity contribution is -0.113.